The van der Waals surface area contributed by atoms with Crippen LogP contribution in [0.4, 0.5) is 0 Å². The molecule has 7 heteroatoms. The van der Waals surface area contributed by atoms with Gasteiger partial charge in [0.25, 0.3) is 0 Å². The van der Waals surface area contributed by atoms with Crippen molar-refractivity contribution in [2.75, 3.05) is 25.9 Å². The molecule has 1 saturated carbocycles. The van der Waals surface area contributed by atoms with Crippen LogP contribution in [0.2, 0.25) is 0 Å². The summed E-state index contributed by atoms with van der Waals surface area (Å²) in [6, 6.07) is 0. The average Bonchev–Trinajstić information content (AvgIpc) is 3.19. The lowest BCUT2D eigenvalue weighted by Gasteiger charge is -2.37. The smallest absolute Gasteiger partial charge is 0.311 e. The molecular formula is C13H24N2O4S. The van der Waals surface area contributed by atoms with Crippen LogP contribution in [-0.4, -0.2) is 49.7 Å². The number of carboxylic acid groups (broad SMARTS) is 1. The lowest BCUT2D eigenvalue weighted by Crippen LogP contribution is -2.46. The van der Waals surface area contributed by atoms with Gasteiger partial charge in [-0.25, -0.2) is 12.7 Å². The molecule has 2 fully saturated rings. The van der Waals surface area contributed by atoms with E-state index in [4.69, 9.17) is 5.73 Å². The molecule has 2 aliphatic rings. The molecule has 116 valence electrons. The second-order valence-corrected chi connectivity index (χ2v) is 8.26. The molecular weight excluding hydrogens is 280 g/mol. The summed E-state index contributed by atoms with van der Waals surface area (Å²) in [6.45, 7) is 1.12. The Kier molecular flexibility index (Phi) is 4.41. The third-order valence-corrected chi connectivity index (χ3v) is 6.02. The highest BCUT2D eigenvalue weighted by atomic mass is 32.2. The zero-order chi connectivity index (χ0) is 15.0. The van der Waals surface area contributed by atoms with Gasteiger partial charge < -0.3 is 10.8 Å². The van der Waals surface area contributed by atoms with E-state index in [1.54, 1.807) is 0 Å². The Balaban J connectivity index is 2.09. The van der Waals surface area contributed by atoms with Crippen molar-refractivity contribution in [2.45, 2.75) is 32.1 Å². The highest BCUT2D eigenvalue weighted by Gasteiger charge is 2.51. The minimum Gasteiger partial charge on any atom is -0.481 e. The maximum Gasteiger partial charge on any atom is 0.311 e. The number of hydrogen-bond acceptors (Lipinski definition) is 4. The quantitative estimate of drug-likeness (QED) is 0.743. The maximum atomic E-state index is 11.7. The second-order valence-electron chi connectivity index (χ2n) is 6.27. The van der Waals surface area contributed by atoms with E-state index in [-0.39, 0.29) is 18.4 Å². The second kappa shape index (κ2) is 5.61. The number of carboxylic acids is 1. The summed E-state index contributed by atoms with van der Waals surface area (Å²) in [5, 5.41) is 9.58. The van der Waals surface area contributed by atoms with Crippen LogP contribution in [0, 0.1) is 17.3 Å². The third-order valence-electron chi connectivity index (χ3n) is 4.75. The van der Waals surface area contributed by atoms with Gasteiger partial charge in [0.2, 0.25) is 10.0 Å². The molecule has 1 heterocycles. The average molecular weight is 304 g/mol. The van der Waals surface area contributed by atoms with Crippen molar-refractivity contribution in [3.63, 3.8) is 0 Å². The Labute approximate surface area is 120 Å². The molecule has 2 unspecified atom stereocenters. The molecule has 0 bridgehead atoms. The van der Waals surface area contributed by atoms with Crippen molar-refractivity contribution in [1.82, 2.24) is 4.31 Å². The van der Waals surface area contributed by atoms with E-state index < -0.39 is 21.4 Å². The van der Waals surface area contributed by atoms with E-state index in [0.29, 0.717) is 19.5 Å². The number of aliphatic carboxylic acids is 1. The lowest BCUT2D eigenvalue weighted by molar-refractivity contribution is -0.151. The van der Waals surface area contributed by atoms with E-state index in [1.165, 1.54) is 10.6 Å². The number of nitrogens with zero attached hydrogens (tertiary/aromatic N) is 1. The van der Waals surface area contributed by atoms with Crippen molar-refractivity contribution in [1.29, 1.82) is 0 Å². The van der Waals surface area contributed by atoms with Crippen molar-refractivity contribution < 1.29 is 18.3 Å². The Morgan fingerprint density at radius 3 is 2.50 bits per heavy atom. The summed E-state index contributed by atoms with van der Waals surface area (Å²) in [5.74, 6) is -0.559. The van der Waals surface area contributed by atoms with Crippen LogP contribution in [0.15, 0.2) is 0 Å². The highest BCUT2D eigenvalue weighted by Crippen LogP contribution is 2.49. The van der Waals surface area contributed by atoms with E-state index in [9.17, 15) is 18.3 Å². The molecule has 0 radical (unpaired) electrons. The first-order chi connectivity index (χ1) is 9.29. The molecule has 2 atom stereocenters. The molecule has 20 heavy (non-hydrogen) atoms. The van der Waals surface area contributed by atoms with Crippen molar-refractivity contribution in [3.05, 3.63) is 0 Å². The van der Waals surface area contributed by atoms with Crippen LogP contribution in [0.1, 0.15) is 32.1 Å². The molecule has 1 aliphatic carbocycles. The fourth-order valence-electron chi connectivity index (χ4n) is 3.41. The summed E-state index contributed by atoms with van der Waals surface area (Å²) >= 11 is 0. The van der Waals surface area contributed by atoms with Crippen molar-refractivity contribution in [3.8, 4) is 0 Å². The van der Waals surface area contributed by atoms with Crippen LogP contribution in [0.25, 0.3) is 0 Å². The lowest BCUT2D eigenvalue weighted by atomic mass is 9.73. The summed E-state index contributed by atoms with van der Waals surface area (Å²) in [7, 11) is -3.19. The van der Waals surface area contributed by atoms with E-state index in [1.807, 2.05) is 0 Å². The van der Waals surface area contributed by atoms with Gasteiger partial charge in [-0.2, -0.15) is 0 Å². The van der Waals surface area contributed by atoms with E-state index >= 15 is 0 Å². The molecule has 0 spiro atoms. The zero-order valence-corrected chi connectivity index (χ0v) is 12.7. The minimum atomic E-state index is -3.19. The Bertz CT molecular complexity index is 475. The van der Waals surface area contributed by atoms with Crippen molar-refractivity contribution in [2.24, 2.45) is 23.0 Å². The van der Waals surface area contributed by atoms with Gasteiger partial charge in [-0.1, -0.05) is 0 Å². The molecule has 0 aromatic rings. The first-order valence-electron chi connectivity index (χ1n) is 7.18. The molecule has 6 nitrogen and oxygen atoms in total. The van der Waals surface area contributed by atoms with Crippen LogP contribution in [0.5, 0.6) is 0 Å². The molecule has 0 aromatic heterocycles. The Hall–Kier alpha value is -0.660. The first kappa shape index (κ1) is 15.7. The molecule has 3 N–H and O–H groups in total. The zero-order valence-electron chi connectivity index (χ0n) is 11.9. The van der Waals surface area contributed by atoms with E-state index in [2.05, 4.69) is 0 Å². The molecule has 2 rings (SSSR count). The monoisotopic (exact) mass is 304 g/mol. The Morgan fingerprint density at radius 2 is 2.05 bits per heavy atom. The van der Waals surface area contributed by atoms with Gasteiger partial charge in [-0.3, -0.25) is 4.79 Å². The van der Waals surface area contributed by atoms with Gasteiger partial charge in [0.05, 0.1) is 11.7 Å². The van der Waals surface area contributed by atoms with Crippen LogP contribution < -0.4 is 5.73 Å². The molecule has 0 amide bonds. The topological polar surface area (TPSA) is 101 Å². The largest absolute Gasteiger partial charge is 0.481 e. The minimum absolute atomic E-state index is 0.0960. The third kappa shape index (κ3) is 3.15. The maximum absolute atomic E-state index is 11.7. The molecule has 1 saturated heterocycles. The summed E-state index contributed by atoms with van der Waals surface area (Å²) in [4.78, 5) is 11.7. The normalized spacial score (nSPS) is 28.0. The first-order valence-corrected chi connectivity index (χ1v) is 9.03. The molecule has 1 aliphatic heterocycles. The van der Waals surface area contributed by atoms with Gasteiger partial charge in [0, 0.05) is 19.6 Å². The summed E-state index contributed by atoms with van der Waals surface area (Å²) in [6.07, 6.45) is 5.23. The van der Waals surface area contributed by atoms with Gasteiger partial charge in [-0.05, 0) is 43.9 Å². The van der Waals surface area contributed by atoms with Crippen LogP contribution in [0.3, 0.4) is 0 Å². The molecule has 0 aromatic carbocycles. The standard InChI is InChI=1S/C13H24N2O4S/c1-20(18,19)15-6-2-3-10(8-15)7-13(9-14,12(16)17)11-4-5-11/h10-11H,2-9,14H2,1H3,(H,16,17). The highest BCUT2D eigenvalue weighted by molar-refractivity contribution is 7.88. The van der Waals surface area contributed by atoms with Gasteiger partial charge in [0.1, 0.15) is 0 Å². The SMILES string of the molecule is CS(=O)(=O)N1CCCC(CC(CN)(C(=O)O)C2CC2)C1. The number of rotatable bonds is 6. The number of carbonyl (C=O) groups is 1. The fourth-order valence-corrected chi connectivity index (χ4v) is 4.35. The van der Waals surface area contributed by atoms with E-state index in [0.717, 1.165) is 25.7 Å². The summed E-state index contributed by atoms with van der Waals surface area (Å²) < 4.78 is 24.7. The predicted molar refractivity (Wildman–Crippen MR) is 75.6 cm³/mol. The number of nitrogens with two attached hydrogens (primary N) is 1. The number of sulfonamides is 1. The summed E-state index contributed by atoms with van der Waals surface area (Å²) in [5.41, 5.74) is 4.92. The fraction of sp³-hybridized carbons (Fsp3) is 0.923. The number of piperidine rings is 1. The Morgan fingerprint density at radius 1 is 1.40 bits per heavy atom. The van der Waals surface area contributed by atoms with Crippen LogP contribution >= 0.6 is 0 Å². The van der Waals surface area contributed by atoms with Crippen LogP contribution in [-0.2, 0) is 14.8 Å². The number of hydrogen-bond donors (Lipinski definition) is 2. The van der Waals surface area contributed by atoms with Gasteiger partial charge >= 0.3 is 5.97 Å². The predicted octanol–water partition coefficient (Wildman–Crippen LogP) is 0.488. The van der Waals surface area contributed by atoms with Crippen molar-refractivity contribution >= 4 is 16.0 Å². The van der Waals surface area contributed by atoms with Gasteiger partial charge in [-0.15, -0.1) is 0 Å². The van der Waals surface area contributed by atoms with Gasteiger partial charge in [0.15, 0.2) is 0 Å².